The van der Waals surface area contributed by atoms with Crippen molar-refractivity contribution in [3.8, 4) is 0 Å². The Kier molecular flexibility index (Phi) is 3.89. The van der Waals surface area contributed by atoms with Crippen LogP contribution in [0.2, 0.25) is 0 Å². The monoisotopic (exact) mass is 301 g/mol. The molecule has 3 heterocycles. The Bertz CT molecular complexity index is 697. The van der Waals surface area contributed by atoms with E-state index in [0.717, 1.165) is 42.7 Å². The molecule has 0 atom stereocenters. The lowest BCUT2D eigenvalue weighted by Crippen LogP contribution is -2.38. The van der Waals surface area contributed by atoms with Gasteiger partial charge in [0.2, 0.25) is 0 Å². The number of nitrogens with zero attached hydrogens (tertiary/aromatic N) is 3. The summed E-state index contributed by atoms with van der Waals surface area (Å²) in [7, 11) is 0. The van der Waals surface area contributed by atoms with Crippen LogP contribution in [0.4, 0.5) is 0 Å². The first-order valence-corrected chi connectivity index (χ1v) is 8.03. The maximum atomic E-state index is 13.0. The molecule has 3 rings (SSSR count). The Morgan fingerprint density at radius 2 is 2.05 bits per heavy atom. The minimum absolute atomic E-state index is 0.0764. The standard InChI is InChI=1S/C17H23N3O2/c1-10(2)14-9-13(15-12(4)19-22-16(15)18-14)17(21)20-7-5-11(3)6-8-20/h9-11H,5-8H2,1-4H3. The van der Waals surface area contributed by atoms with Crippen molar-refractivity contribution in [2.75, 3.05) is 13.1 Å². The molecule has 1 saturated heterocycles. The number of carbonyl (C=O) groups excluding carboxylic acids is 1. The van der Waals surface area contributed by atoms with Crippen molar-refractivity contribution < 1.29 is 9.32 Å². The third-order valence-electron chi connectivity index (χ3n) is 4.53. The molecule has 22 heavy (non-hydrogen) atoms. The lowest BCUT2D eigenvalue weighted by atomic mass is 9.97. The van der Waals surface area contributed by atoms with Crippen LogP contribution in [0.1, 0.15) is 61.3 Å². The van der Waals surface area contributed by atoms with Gasteiger partial charge in [-0.1, -0.05) is 25.9 Å². The van der Waals surface area contributed by atoms with Crippen LogP contribution in [0.5, 0.6) is 0 Å². The molecule has 118 valence electrons. The normalized spacial score (nSPS) is 16.7. The second kappa shape index (κ2) is 5.71. The van der Waals surface area contributed by atoms with E-state index in [1.54, 1.807) is 0 Å². The Balaban J connectivity index is 2.04. The molecule has 0 spiro atoms. The summed E-state index contributed by atoms with van der Waals surface area (Å²) in [5.41, 5.74) is 2.75. The van der Waals surface area contributed by atoms with Crippen molar-refractivity contribution in [3.63, 3.8) is 0 Å². The summed E-state index contributed by atoms with van der Waals surface area (Å²) < 4.78 is 5.30. The number of hydrogen-bond acceptors (Lipinski definition) is 4. The molecule has 0 unspecified atom stereocenters. The van der Waals surface area contributed by atoms with Gasteiger partial charge in [-0.3, -0.25) is 4.79 Å². The molecule has 1 aliphatic heterocycles. The number of piperidine rings is 1. The predicted molar refractivity (Wildman–Crippen MR) is 84.9 cm³/mol. The van der Waals surface area contributed by atoms with Crippen LogP contribution in [0.3, 0.4) is 0 Å². The van der Waals surface area contributed by atoms with Gasteiger partial charge >= 0.3 is 0 Å². The number of hydrogen-bond donors (Lipinski definition) is 0. The average molecular weight is 301 g/mol. The molecule has 0 radical (unpaired) electrons. The molecule has 0 aliphatic carbocycles. The van der Waals surface area contributed by atoms with E-state index in [2.05, 4.69) is 30.9 Å². The molecular formula is C17H23N3O2. The fourth-order valence-electron chi connectivity index (χ4n) is 2.96. The highest BCUT2D eigenvalue weighted by Gasteiger charge is 2.26. The van der Waals surface area contributed by atoms with Gasteiger partial charge in [-0.05, 0) is 37.7 Å². The summed E-state index contributed by atoms with van der Waals surface area (Å²) in [4.78, 5) is 19.4. The van der Waals surface area contributed by atoms with Gasteiger partial charge < -0.3 is 9.42 Å². The van der Waals surface area contributed by atoms with Crippen LogP contribution in [0, 0.1) is 12.8 Å². The van der Waals surface area contributed by atoms with E-state index >= 15 is 0 Å². The highest BCUT2D eigenvalue weighted by atomic mass is 16.5. The number of carbonyl (C=O) groups is 1. The Labute approximate surface area is 130 Å². The molecule has 5 nitrogen and oxygen atoms in total. The maximum absolute atomic E-state index is 13.0. The zero-order valence-electron chi connectivity index (χ0n) is 13.7. The predicted octanol–water partition coefficient (Wildman–Crippen LogP) is 3.53. The summed E-state index contributed by atoms with van der Waals surface area (Å²) in [5.74, 6) is 1.01. The van der Waals surface area contributed by atoms with Crippen LogP contribution in [0.25, 0.3) is 11.1 Å². The van der Waals surface area contributed by atoms with Gasteiger partial charge in [0, 0.05) is 18.8 Å². The van der Waals surface area contributed by atoms with Crippen molar-refractivity contribution in [1.29, 1.82) is 0 Å². The van der Waals surface area contributed by atoms with E-state index in [1.807, 2.05) is 17.9 Å². The largest absolute Gasteiger partial charge is 0.339 e. The first kappa shape index (κ1) is 15.0. The molecule has 1 aliphatic rings. The minimum atomic E-state index is 0.0764. The van der Waals surface area contributed by atoms with Gasteiger partial charge in [0.15, 0.2) is 0 Å². The summed E-state index contributed by atoms with van der Waals surface area (Å²) in [6, 6.07) is 1.91. The quantitative estimate of drug-likeness (QED) is 0.851. The van der Waals surface area contributed by atoms with Crippen LogP contribution >= 0.6 is 0 Å². The fraction of sp³-hybridized carbons (Fsp3) is 0.588. The fourth-order valence-corrected chi connectivity index (χ4v) is 2.96. The van der Waals surface area contributed by atoms with Gasteiger partial charge in [0.25, 0.3) is 11.6 Å². The number of likely N-dealkylation sites (tertiary alicyclic amines) is 1. The molecule has 5 heteroatoms. The number of rotatable bonds is 2. The van der Waals surface area contributed by atoms with E-state index < -0.39 is 0 Å². The van der Waals surface area contributed by atoms with Crippen LogP contribution in [0.15, 0.2) is 10.6 Å². The Hall–Kier alpha value is -1.91. The molecule has 1 amide bonds. The zero-order valence-corrected chi connectivity index (χ0v) is 13.7. The Morgan fingerprint density at radius 3 is 2.68 bits per heavy atom. The van der Waals surface area contributed by atoms with E-state index in [1.165, 1.54) is 0 Å². The number of pyridine rings is 1. The van der Waals surface area contributed by atoms with Gasteiger partial charge in [-0.2, -0.15) is 0 Å². The summed E-state index contributed by atoms with van der Waals surface area (Å²) in [5, 5.41) is 4.75. The zero-order chi connectivity index (χ0) is 15.9. The summed E-state index contributed by atoms with van der Waals surface area (Å²) in [6.07, 6.45) is 2.14. The van der Waals surface area contributed by atoms with Gasteiger partial charge in [-0.15, -0.1) is 0 Å². The number of amides is 1. The van der Waals surface area contributed by atoms with Gasteiger partial charge in [-0.25, -0.2) is 4.98 Å². The van der Waals surface area contributed by atoms with E-state index in [9.17, 15) is 4.79 Å². The van der Waals surface area contributed by atoms with Crippen molar-refractivity contribution in [3.05, 3.63) is 23.0 Å². The Morgan fingerprint density at radius 1 is 1.36 bits per heavy atom. The van der Waals surface area contributed by atoms with Gasteiger partial charge in [0.05, 0.1) is 16.6 Å². The second-order valence-electron chi connectivity index (χ2n) is 6.67. The first-order chi connectivity index (χ1) is 10.5. The summed E-state index contributed by atoms with van der Waals surface area (Å²) in [6.45, 7) is 9.88. The molecule has 0 N–H and O–H groups in total. The van der Waals surface area contributed by atoms with Crippen molar-refractivity contribution in [1.82, 2.24) is 15.0 Å². The van der Waals surface area contributed by atoms with E-state index in [4.69, 9.17) is 4.52 Å². The van der Waals surface area contributed by atoms with Crippen molar-refractivity contribution >= 4 is 17.0 Å². The lowest BCUT2D eigenvalue weighted by Gasteiger charge is -2.30. The number of fused-ring (bicyclic) bond motifs is 1. The number of aryl methyl sites for hydroxylation is 1. The van der Waals surface area contributed by atoms with E-state index in [0.29, 0.717) is 17.2 Å². The lowest BCUT2D eigenvalue weighted by molar-refractivity contribution is 0.0699. The van der Waals surface area contributed by atoms with Crippen molar-refractivity contribution in [2.24, 2.45) is 5.92 Å². The molecular weight excluding hydrogens is 278 g/mol. The molecule has 0 aromatic carbocycles. The second-order valence-corrected chi connectivity index (χ2v) is 6.67. The smallest absolute Gasteiger partial charge is 0.259 e. The number of aromatic nitrogens is 2. The SMILES string of the molecule is Cc1noc2nc(C(C)C)cc(C(=O)N3CCC(C)CC3)c12. The highest BCUT2D eigenvalue weighted by Crippen LogP contribution is 2.27. The molecule has 0 bridgehead atoms. The molecule has 0 saturated carbocycles. The third kappa shape index (κ3) is 2.60. The average Bonchev–Trinajstić information content (AvgIpc) is 2.88. The topological polar surface area (TPSA) is 59.2 Å². The first-order valence-electron chi connectivity index (χ1n) is 8.03. The van der Waals surface area contributed by atoms with Crippen LogP contribution in [-0.4, -0.2) is 34.0 Å². The highest BCUT2D eigenvalue weighted by molar-refractivity contribution is 6.06. The maximum Gasteiger partial charge on any atom is 0.259 e. The molecule has 1 fully saturated rings. The van der Waals surface area contributed by atoms with Crippen LogP contribution in [-0.2, 0) is 0 Å². The third-order valence-corrected chi connectivity index (χ3v) is 4.53. The minimum Gasteiger partial charge on any atom is -0.339 e. The summed E-state index contributed by atoms with van der Waals surface area (Å²) >= 11 is 0. The van der Waals surface area contributed by atoms with Gasteiger partial charge in [0.1, 0.15) is 0 Å². The molecule has 2 aromatic heterocycles. The van der Waals surface area contributed by atoms with E-state index in [-0.39, 0.29) is 11.8 Å². The molecule has 2 aromatic rings. The van der Waals surface area contributed by atoms with Crippen LogP contribution < -0.4 is 0 Å². The van der Waals surface area contributed by atoms with Crippen molar-refractivity contribution in [2.45, 2.75) is 46.5 Å².